The molecule has 1 aliphatic rings. The second-order valence-electron chi connectivity index (χ2n) is 6.62. The van der Waals surface area contributed by atoms with Crippen molar-refractivity contribution in [3.63, 3.8) is 0 Å². The molecule has 0 saturated carbocycles. The third kappa shape index (κ3) is 4.59. The molecule has 118 valence electrons. The number of hydrogen-bond acceptors (Lipinski definition) is 2. The minimum Gasteiger partial charge on any atom is -0.309 e. The minimum atomic E-state index is 0.297. The lowest BCUT2D eigenvalue weighted by atomic mass is 9.80. The van der Waals surface area contributed by atoms with Crippen LogP contribution in [0.5, 0.6) is 0 Å². The molecule has 1 aromatic carbocycles. The molecule has 0 bridgehead atoms. The average Bonchev–Trinajstić information content (AvgIpc) is 2.45. The molecule has 1 N–H and O–H groups in total. The van der Waals surface area contributed by atoms with E-state index in [0.29, 0.717) is 16.5 Å². The second-order valence-corrected chi connectivity index (χ2v) is 7.47. The van der Waals surface area contributed by atoms with Crippen LogP contribution in [0.4, 0.5) is 0 Å². The Labute approximate surface area is 138 Å². The maximum absolute atomic E-state index is 6.35. The van der Waals surface area contributed by atoms with Crippen molar-refractivity contribution in [2.75, 3.05) is 26.7 Å². The molecule has 1 atom stereocenters. The van der Waals surface area contributed by atoms with Crippen LogP contribution in [0.3, 0.4) is 0 Å². The zero-order valence-electron chi connectivity index (χ0n) is 13.3. The smallest absolute Gasteiger partial charge is 0.0468 e. The Bertz CT molecular complexity index is 468. The highest BCUT2D eigenvalue weighted by Gasteiger charge is 2.29. The van der Waals surface area contributed by atoms with Gasteiger partial charge in [0.1, 0.15) is 0 Å². The van der Waals surface area contributed by atoms with Crippen LogP contribution in [-0.2, 0) is 0 Å². The van der Waals surface area contributed by atoms with Crippen molar-refractivity contribution in [1.82, 2.24) is 10.2 Å². The van der Waals surface area contributed by atoms with Gasteiger partial charge in [0.25, 0.3) is 0 Å². The Morgan fingerprint density at radius 3 is 2.52 bits per heavy atom. The van der Waals surface area contributed by atoms with Gasteiger partial charge in [-0.05, 0) is 62.5 Å². The number of nitrogens with zero attached hydrogens (tertiary/aromatic N) is 1. The minimum absolute atomic E-state index is 0.297. The molecule has 1 aliphatic heterocycles. The van der Waals surface area contributed by atoms with Crippen molar-refractivity contribution in [1.29, 1.82) is 0 Å². The predicted molar refractivity (Wildman–Crippen MR) is 92.3 cm³/mol. The predicted octanol–water partition coefficient (Wildman–Crippen LogP) is 4.77. The largest absolute Gasteiger partial charge is 0.309 e. The summed E-state index contributed by atoms with van der Waals surface area (Å²) in [4.78, 5) is 2.41. The standard InChI is InChI=1S/C17H26Cl2N2/c1-4-16(14-6-5-13(18)11-15(14)19)20-12-17(2)7-9-21(3)10-8-17/h5-6,11,16,20H,4,7-10,12H2,1-3H3. The van der Waals surface area contributed by atoms with E-state index in [0.717, 1.165) is 23.6 Å². The van der Waals surface area contributed by atoms with Gasteiger partial charge in [0.2, 0.25) is 0 Å². The summed E-state index contributed by atoms with van der Waals surface area (Å²) in [6, 6.07) is 6.10. The first-order valence-corrected chi connectivity index (χ1v) is 8.56. The Balaban J connectivity index is 1.99. The molecule has 1 heterocycles. The van der Waals surface area contributed by atoms with Gasteiger partial charge in [-0.1, -0.05) is 43.1 Å². The van der Waals surface area contributed by atoms with Gasteiger partial charge in [-0.3, -0.25) is 0 Å². The van der Waals surface area contributed by atoms with E-state index in [2.05, 4.69) is 31.1 Å². The van der Waals surface area contributed by atoms with Crippen LogP contribution in [0.25, 0.3) is 0 Å². The fourth-order valence-electron chi connectivity index (χ4n) is 2.96. The first-order valence-electron chi connectivity index (χ1n) is 7.80. The Morgan fingerprint density at radius 2 is 1.95 bits per heavy atom. The molecule has 0 aliphatic carbocycles. The van der Waals surface area contributed by atoms with Crippen molar-refractivity contribution < 1.29 is 0 Å². The summed E-state index contributed by atoms with van der Waals surface area (Å²) in [5, 5.41) is 5.18. The number of benzene rings is 1. The Hall–Kier alpha value is -0.280. The molecular weight excluding hydrogens is 303 g/mol. The number of halogens is 2. The molecule has 0 spiro atoms. The molecule has 4 heteroatoms. The number of rotatable bonds is 5. The zero-order valence-corrected chi connectivity index (χ0v) is 14.8. The highest BCUT2D eigenvalue weighted by atomic mass is 35.5. The second kappa shape index (κ2) is 7.32. The monoisotopic (exact) mass is 328 g/mol. The fraction of sp³-hybridized carbons (Fsp3) is 0.647. The van der Waals surface area contributed by atoms with Gasteiger partial charge in [0.05, 0.1) is 0 Å². The SMILES string of the molecule is CCC(NCC1(C)CCN(C)CC1)c1ccc(Cl)cc1Cl. The van der Waals surface area contributed by atoms with Crippen molar-refractivity contribution >= 4 is 23.2 Å². The van der Waals surface area contributed by atoms with Gasteiger partial charge in [0.15, 0.2) is 0 Å². The Morgan fingerprint density at radius 1 is 1.29 bits per heavy atom. The van der Waals surface area contributed by atoms with Crippen LogP contribution in [0.15, 0.2) is 18.2 Å². The van der Waals surface area contributed by atoms with E-state index in [9.17, 15) is 0 Å². The van der Waals surface area contributed by atoms with E-state index >= 15 is 0 Å². The summed E-state index contributed by atoms with van der Waals surface area (Å²) in [5.41, 5.74) is 1.54. The maximum Gasteiger partial charge on any atom is 0.0468 e. The molecule has 2 nitrogen and oxygen atoms in total. The van der Waals surface area contributed by atoms with E-state index in [4.69, 9.17) is 23.2 Å². The normalized spacial score (nSPS) is 20.4. The summed E-state index contributed by atoms with van der Waals surface area (Å²) in [7, 11) is 2.20. The zero-order chi connectivity index (χ0) is 15.5. The van der Waals surface area contributed by atoms with E-state index in [1.165, 1.54) is 25.9 Å². The molecule has 21 heavy (non-hydrogen) atoms. The maximum atomic E-state index is 6.35. The lowest BCUT2D eigenvalue weighted by Gasteiger charge is -2.39. The van der Waals surface area contributed by atoms with Crippen LogP contribution < -0.4 is 5.32 Å². The van der Waals surface area contributed by atoms with Gasteiger partial charge in [-0.25, -0.2) is 0 Å². The van der Waals surface area contributed by atoms with Gasteiger partial charge < -0.3 is 10.2 Å². The topological polar surface area (TPSA) is 15.3 Å². The highest BCUT2D eigenvalue weighted by Crippen LogP contribution is 2.32. The van der Waals surface area contributed by atoms with Gasteiger partial charge in [-0.2, -0.15) is 0 Å². The van der Waals surface area contributed by atoms with Crippen LogP contribution >= 0.6 is 23.2 Å². The Kier molecular flexibility index (Phi) is 5.96. The number of hydrogen-bond donors (Lipinski definition) is 1. The quantitative estimate of drug-likeness (QED) is 0.837. The number of likely N-dealkylation sites (tertiary alicyclic amines) is 1. The van der Waals surface area contributed by atoms with Crippen molar-refractivity contribution in [3.05, 3.63) is 33.8 Å². The summed E-state index contributed by atoms with van der Waals surface area (Å²) in [6.07, 6.45) is 3.53. The highest BCUT2D eigenvalue weighted by molar-refractivity contribution is 6.35. The van der Waals surface area contributed by atoms with E-state index in [1.54, 1.807) is 0 Å². The molecule has 2 rings (SSSR count). The van der Waals surface area contributed by atoms with Crippen LogP contribution in [0.1, 0.15) is 44.7 Å². The van der Waals surface area contributed by atoms with Crippen LogP contribution in [0, 0.1) is 5.41 Å². The average molecular weight is 329 g/mol. The first kappa shape index (κ1) is 17.1. The molecule has 1 aromatic rings. The van der Waals surface area contributed by atoms with Crippen LogP contribution in [0.2, 0.25) is 10.0 Å². The summed E-state index contributed by atoms with van der Waals surface area (Å²) in [5.74, 6) is 0. The van der Waals surface area contributed by atoms with Crippen molar-refractivity contribution in [3.8, 4) is 0 Å². The molecule has 1 unspecified atom stereocenters. The third-order valence-corrected chi connectivity index (χ3v) is 5.28. The van der Waals surface area contributed by atoms with Gasteiger partial charge in [-0.15, -0.1) is 0 Å². The van der Waals surface area contributed by atoms with Crippen molar-refractivity contribution in [2.45, 2.75) is 39.2 Å². The summed E-state index contributed by atoms with van der Waals surface area (Å²) >= 11 is 12.3. The molecule has 0 aromatic heterocycles. The molecule has 0 amide bonds. The first-order chi connectivity index (χ1) is 9.93. The van der Waals surface area contributed by atoms with Gasteiger partial charge in [0, 0.05) is 22.6 Å². The molecule has 0 radical (unpaired) electrons. The molecule has 1 saturated heterocycles. The lowest BCUT2D eigenvalue weighted by molar-refractivity contribution is 0.133. The van der Waals surface area contributed by atoms with E-state index in [-0.39, 0.29) is 0 Å². The molecule has 1 fully saturated rings. The summed E-state index contributed by atoms with van der Waals surface area (Å²) < 4.78 is 0. The van der Waals surface area contributed by atoms with Crippen LogP contribution in [-0.4, -0.2) is 31.6 Å². The van der Waals surface area contributed by atoms with Gasteiger partial charge >= 0.3 is 0 Å². The van der Waals surface area contributed by atoms with E-state index < -0.39 is 0 Å². The summed E-state index contributed by atoms with van der Waals surface area (Å²) in [6.45, 7) is 8.01. The molecular formula is C17H26Cl2N2. The van der Waals surface area contributed by atoms with E-state index in [1.807, 2.05) is 18.2 Å². The lowest BCUT2D eigenvalue weighted by Crippen LogP contribution is -2.42. The number of piperidine rings is 1. The third-order valence-electron chi connectivity index (χ3n) is 4.72. The number of nitrogens with one attached hydrogen (secondary N) is 1. The van der Waals surface area contributed by atoms with Crippen molar-refractivity contribution in [2.24, 2.45) is 5.41 Å². The fourth-order valence-corrected chi connectivity index (χ4v) is 3.50.